The summed E-state index contributed by atoms with van der Waals surface area (Å²) in [4.78, 5) is 14.7. The summed E-state index contributed by atoms with van der Waals surface area (Å²) in [6.07, 6.45) is 4.88. The van der Waals surface area contributed by atoms with Gasteiger partial charge in [0.25, 0.3) is 0 Å². The molecule has 4 nitrogen and oxygen atoms in total. The minimum atomic E-state index is -0.351. The maximum absolute atomic E-state index is 12.7. The van der Waals surface area contributed by atoms with Gasteiger partial charge in [0.2, 0.25) is 5.91 Å². The predicted octanol–water partition coefficient (Wildman–Crippen LogP) is 2.48. The van der Waals surface area contributed by atoms with Crippen LogP contribution in [0.25, 0.3) is 10.9 Å². The first-order valence-electron chi connectivity index (χ1n) is 8.06. The fraction of sp³-hybridized carbons (Fsp3) is 0.500. The Morgan fingerprint density at radius 3 is 2.95 bits per heavy atom. The predicted molar refractivity (Wildman–Crippen MR) is 87.7 cm³/mol. The molecule has 0 saturated carbocycles. The van der Waals surface area contributed by atoms with Gasteiger partial charge in [0.15, 0.2) is 0 Å². The van der Waals surface area contributed by atoms with E-state index >= 15 is 0 Å². The van der Waals surface area contributed by atoms with E-state index in [1.54, 1.807) is 6.92 Å². The number of benzene rings is 1. The molecule has 1 aromatic carbocycles. The van der Waals surface area contributed by atoms with Gasteiger partial charge in [0.1, 0.15) is 0 Å². The average molecular weight is 300 g/mol. The number of carbonyl (C=O) groups is 1. The Hall–Kier alpha value is -1.81. The minimum absolute atomic E-state index is 0.180. The normalized spacial score (nSPS) is 19.8. The molecule has 1 aliphatic heterocycles. The molecule has 0 bridgehead atoms. The van der Waals surface area contributed by atoms with Gasteiger partial charge in [-0.05, 0) is 37.8 Å². The zero-order valence-corrected chi connectivity index (χ0v) is 13.3. The van der Waals surface area contributed by atoms with Gasteiger partial charge in [-0.15, -0.1) is 0 Å². The van der Waals surface area contributed by atoms with E-state index in [-0.39, 0.29) is 18.1 Å². The Morgan fingerprint density at radius 2 is 2.18 bits per heavy atom. The molecule has 4 heteroatoms. The fourth-order valence-electron chi connectivity index (χ4n) is 3.63. The second kappa shape index (κ2) is 6.13. The number of nitrogens with zero attached hydrogens (tertiary/aromatic N) is 2. The molecule has 0 radical (unpaired) electrons. The third-order valence-electron chi connectivity index (χ3n) is 4.63. The lowest BCUT2D eigenvalue weighted by molar-refractivity contribution is -0.131. The summed E-state index contributed by atoms with van der Waals surface area (Å²) >= 11 is 0. The van der Waals surface area contributed by atoms with Crippen LogP contribution in [0.2, 0.25) is 0 Å². The van der Waals surface area contributed by atoms with Crippen molar-refractivity contribution in [1.82, 2.24) is 9.47 Å². The molecular formula is C18H24N2O2. The van der Waals surface area contributed by atoms with Crippen LogP contribution in [0.5, 0.6) is 0 Å². The van der Waals surface area contributed by atoms with Gasteiger partial charge < -0.3 is 14.6 Å². The van der Waals surface area contributed by atoms with E-state index in [0.29, 0.717) is 12.8 Å². The molecule has 2 aromatic rings. The maximum Gasteiger partial charge on any atom is 0.227 e. The van der Waals surface area contributed by atoms with E-state index in [2.05, 4.69) is 22.9 Å². The molecule has 2 heterocycles. The van der Waals surface area contributed by atoms with Crippen molar-refractivity contribution in [1.29, 1.82) is 0 Å². The number of aromatic nitrogens is 1. The number of aliphatic hydroxyl groups is 1. The van der Waals surface area contributed by atoms with E-state index in [0.717, 1.165) is 35.9 Å². The van der Waals surface area contributed by atoms with E-state index in [1.165, 1.54) is 0 Å². The Morgan fingerprint density at radius 1 is 1.41 bits per heavy atom. The number of hydrogen-bond donors (Lipinski definition) is 1. The highest BCUT2D eigenvalue weighted by molar-refractivity contribution is 5.89. The second-order valence-corrected chi connectivity index (χ2v) is 6.43. The van der Waals surface area contributed by atoms with Crippen molar-refractivity contribution in [2.45, 2.75) is 44.8 Å². The molecule has 1 N–H and O–H groups in total. The van der Waals surface area contributed by atoms with Crippen molar-refractivity contribution in [2.75, 3.05) is 6.54 Å². The molecule has 2 atom stereocenters. The number of fused-ring (bicyclic) bond motifs is 1. The second-order valence-electron chi connectivity index (χ2n) is 6.43. The minimum Gasteiger partial charge on any atom is -0.393 e. The van der Waals surface area contributed by atoms with Crippen molar-refractivity contribution >= 4 is 16.8 Å². The highest BCUT2D eigenvalue weighted by atomic mass is 16.3. The molecule has 1 aliphatic rings. The highest BCUT2D eigenvalue weighted by Crippen LogP contribution is 2.25. The van der Waals surface area contributed by atoms with Crippen LogP contribution in [0.3, 0.4) is 0 Å². The zero-order chi connectivity index (χ0) is 15.7. The van der Waals surface area contributed by atoms with Crippen LogP contribution in [0.4, 0.5) is 0 Å². The maximum atomic E-state index is 12.7. The lowest BCUT2D eigenvalue weighted by Crippen LogP contribution is -2.38. The van der Waals surface area contributed by atoms with E-state index in [1.807, 2.05) is 24.1 Å². The molecular weight excluding hydrogens is 276 g/mol. The highest BCUT2D eigenvalue weighted by Gasteiger charge is 2.29. The standard InChI is InChI=1S/C18H24N2O2/c1-13(21)10-15-6-5-9-20(15)18(22)11-14-12-19(2)17-8-4-3-7-16(14)17/h3-4,7-8,12-13,15,21H,5-6,9-11H2,1-2H3. The molecule has 0 spiro atoms. The average Bonchev–Trinajstić information content (AvgIpc) is 3.05. The number of para-hydroxylation sites is 1. The van der Waals surface area contributed by atoms with Crippen molar-refractivity contribution < 1.29 is 9.90 Å². The Balaban J connectivity index is 1.78. The number of carbonyl (C=O) groups excluding carboxylic acids is 1. The van der Waals surface area contributed by atoms with Crippen LogP contribution < -0.4 is 0 Å². The molecule has 118 valence electrons. The van der Waals surface area contributed by atoms with Gasteiger partial charge in [0.05, 0.1) is 12.5 Å². The van der Waals surface area contributed by atoms with Gasteiger partial charge in [-0.25, -0.2) is 0 Å². The van der Waals surface area contributed by atoms with Crippen LogP contribution in [-0.4, -0.2) is 39.2 Å². The van der Waals surface area contributed by atoms with Crippen molar-refractivity contribution in [3.05, 3.63) is 36.0 Å². The third kappa shape index (κ3) is 2.88. The van der Waals surface area contributed by atoms with Gasteiger partial charge in [-0.3, -0.25) is 4.79 Å². The summed E-state index contributed by atoms with van der Waals surface area (Å²) in [5.74, 6) is 0.180. The molecule has 0 aliphatic carbocycles. The van der Waals surface area contributed by atoms with Crippen LogP contribution in [-0.2, 0) is 18.3 Å². The van der Waals surface area contributed by atoms with E-state index < -0.39 is 0 Å². The number of rotatable bonds is 4. The van der Waals surface area contributed by atoms with Gasteiger partial charge in [-0.1, -0.05) is 18.2 Å². The molecule has 22 heavy (non-hydrogen) atoms. The molecule has 2 unspecified atom stereocenters. The molecule has 1 saturated heterocycles. The Labute approximate surface area is 131 Å². The summed E-state index contributed by atoms with van der Waals surface area (Å²) < 4.78 is 2.08. The summed E-state index contributed by atoms with van der Waals surface area (Å²) in [6, 6.07) is 8.39. The van der Waals surface area contributed by atoms with Crippen LogP contribution >= 0.6 is 0 Å². The molecule has 3 rings (SSSR count). The largest absolute Gasteiger partial charge is 0.393 e. The van der Waals surface area contributed by atoms with Gasteiger partial charge in [0, 0.05) is 36.7 Å². The first-order chi connectivity index (χ1) is 10.6. The molecule has 1 aromatic heterocycles. The number of likely N-dealkylation sites (tertiary alicyclic amines) is 1. The number of amides is 1. The Kier molecular flexibility index (Phi) is 4.21. The smallest absolute Gasteiger partial charge is 0.227 e. The third-order valence-corrected chi connectivity index (χ3v) is 4.63. The Bertz CT molecular complexity index is 675. The van der Waals surface area contributed by atoms with Crippen LogP contribution in [0.15, 0.2) is 30.5 Å². The topological polar surface area (TPSA) is 45.5 Å². The fourth-order valence-corrected chi connectivity index (χ4v) is 3.63. The summed E-state index contributed by atoms with van der Waals surface area (Å²) in [7, 11) is 2.02. The quantitative estimate of drug-likeness (QED) is 0.943. The summed E-state index contributed by atoms with van der Waals surface area (Å²) in [5.41, 5.74) is 2.25. The number of aryl methyl sites for hydroxylation is 1. The van der Waals surface area contributed by atoms with E-state index in [9.17, 15) is 9.90 Å². The first-order valence-corrected chi connectivity index (χ1v) is 8.06. The summed E-state index contributed by atoms with van der Waals surface area (Å²) in [5, 5.41) is 10.8. The first kappa shape index (κ1) is 15.1. The monoisotopic (exact) mass is 300 g/mol. The molecule has 1 amide bonds. The number of hydrogen-bond acceptors (Lipinski definition) is 2. The lowest BCUT2D eigenvalue weighted by Gasteiger charge is -2.25. The van der Waals surface area contributed by atoms with Crippen molar-refractivity contribution in [3.8, 4) is 0 Å². The van der Waals surface area contributed by atoms with Crippen LogP contribution in [0, 0.1) is 0 Å². The molecule has 1 fully saturated rings. The van der Waals surface area contributed by atoms with Crippen molar-refractivity contribution in [3.63, 3.8) is 0 Å². The van der Waals surface area contributed by atoms with E-state index in [4.69, 9.17) is 0 Å². The number of aliphatic hydroxyl groups excluding tert-OH is 1. The van der Waals surface area contributed by atoms with Gasteiger partial charge in [-0.2, -0.15) is 0 Å². The van der Waals surface area contributed by atoms with Crippen molar-refractivity contribution in [2.24, 2.45) is 7.05 Å². The summed E-state index contributed by atoms with van der Waals surface area (Å²) in [6.45, 7) is 2.62. The SMILES string of the molecule is CC(O)CC1CCCN1C(=O)Cc1cn(C)c2ccccc12. The lowest BCUT2D eigenvalue weighted by atomic mass is 10.1. The zero-order valence-electron chi connectivity index (χ0n) is 13.3. The van der Waals surface area contributed by atoms with Gasteiger partial charge >= 0.3 is 0 Å². The van der Waals surface area contributed by atoms with Crippen LogP contribution in [0.1, 0.15) is 31.7 Å².